The van der Waals surface area contributed by atoms with Gasteiger partial charge in [-0.1, -0.05) is 0 Å². The van der Waals surface area contributed by atoms with Crippen molar-refractivity contribution in [2.24, 2.45) is 11.4 Å². The second-order valence-electron chi connectivity index (χ2n) is 5.07. The molecule has 6 heteroatoms. The normalized spacial score (nSPS) is 14.4. The van der Waals surface area contributed by atoms with Crippen LogP contribution in [0.4, 0.5) is 0 Å². The van der Waals surface area contributed by atoms with Crippen molar-refractivity contribution in [3.63, 3.8) is 0 Å². The predicted molar refractivity (Wildman–Crippen MR) is 74.0 cm³/mol. The van der Waals surface area contributed by atoms with Crippen LogP contribution in [0.3, 0.4) is 0 Å². The van der Waals surface area contributed by atoms with Crippen LogP contribution in [0.25, 0.3) is 10.9 Å². The van der Waals surface area contributed by atoms with E-state index in [1.807, 2.05) is 40.1 Å². The van der Waals surface area contributed by atoms with E-state index in [2.05, 4.69) is 14.5 Å². The van der Waals surface area contributed by atoms with Crippen molar-refractivity contribution in [2.75, 3.05) is 0 Å². The Balaban J connectivity index is 2.27. The Morgan fingerprint density at radius 1 is 1.44 bits per heavy atom. The van der Waals surface area contributed by atoms with Crippen LogP contribution in [0.5, 0.6) is 0 Å². The fraction of sp³-hybridized carbons (Fsp3) is 0.417. The van der Waals surface area contributed by atoms with Gasteiger partial charge in [-0.3, -0.25) is 9.67 Å². The first-order valence-electron chi connectivity index (χ1n) is 5.62. The molecule has 0 spiro atoms. The molecule has 5 nitrogen and oxygen atoms in total. The number of hydrogen-bond acceptors (Lipinski definition) is 3. The zero-order chi connectivity index (χ0) is 13.3. The molecule has 2 heterocycles. The van der Waals surface area contributed by atoms with Crippen LogP contribution in [-0.2, 0) is 18.0 Å². The molecule has 0 unspecified atom stereocenters. The van der Waals surface area contributed by atoms with Crippen molar-refractivity contribution in [3.05, 3.63) is 24.2 Å². The minimum absolute atomic E-state index is 0.352. The summed E-state index contributed by atoms with van der Waals surface area (Å²) < 4.78 is 17.2. The van der Waals surface area contributed by atoms with Crippen LogP contribution in [0.1, 0.15) is 26.5 Å². The van der Waals surface area contributed by atoms with Crippen molar-refractivity contribution in [1.29, 1.82) is 0 Å². The highest BCUT2D eigenvalue weighted by atomic mass is 32.2. The van der Waals surface area contributed by atoms with E-state index >= 15 is 0 Å². The number of pyridine rings is 1. The summed E-state index contributed by atoms with van der Waals surface area (Å²) >= 11 is 0. The zero-order valence-electron chi connectivity index (χ0n) is 10.9. The topological polar surface area (TPSA) is 60.1 Å². The van der Waals surface area contributed by atoms with E-state index < -0.39 is 11.0 Å². The van der Waals surface area contributed by atoms with E-state index in [-0.39, 0.29) is 4.75 Å². The molecule has 2 aromatic rings. The standard InChI is InChI=1S/C12H16N4OS/c1-12(2,3)18(17)14-6-10-5-9-8-16(4)15-11(9)7-13-10/h5-8H,1-4H3/t18-/m1/s1. The fourth-order valence-corrected chi connectivity index (χ4v) is 1.92. The van der Waals surface area contributed by atoms with E-state index in [4.69, 9.17) is 0 Å². The van der Waals surface area contributed by atoms with Crippen molar-refractivity contribution >= 4 is 28.1 Å². The van der Waals surface area contributed by atoms with E-state index in [1.165, 1.54) is 0 Å². The predicted octanol–water partition coefficient (Wildman–Crippen LogP) is 1.85. The van der Waals surface area contributed by atoms with Gasteiger partial charge in [0, 0.05) is 18.6 Å². The molecule has 0 radical (unpaired) electrons. The molecule has 18 heavy (non-hydrogen) atoms. The van der Waals surface area contributed by atoms with E-state index in [0.717, 1.165) is 10.9 Å². The van der Waals surface area contributed by atoms with Crippen LogP contribution in [-0.4, -0.2) is 29.9 Å². The number of aromatic nitrogens is 3. The molecule has 0 fully saturated rings. The Bertz CT molecular complexity index is 625. The van der Waals surface area contributed by atoms with Gasteiger partial charge in [0.05, 0.1) is 22.9 Å². The fourth-order valence-electron chi connectivity index (χ4n) is 1.40. The van der Waals surface area contributed by atoms with Crippen molar-refractivity contribution in [1.82, 2.24) is 14.8 Å². The number of fused-ring (bicyclic) bond motifs is 1. The van der Waals surface area contributed by atoms with Gasteiger partial charge >= 0.3 is 0 Å². The van der Waals surface area contributed by atoms with Crippen molar-refractivity contribution in [2.45, 2.75) is 25.5 Å². The molecule has 0 aliphatic carbocycles. The maximum absolute atomic E-state index is 11.8. The number of hydrogen-bond donors (Lipinski definition) is 0. The molecular weight excluding hydrogens is 248 g/mol. The molecule has 2 rings (SSSR count). The molecule has 0 saturated heterocycles. The highest BCUT2D eigenvalue weighted by Gasteiger charge is 2.18. The van der Waals surface area contributed by atoms with Crippen LogP contribution in [0.15, 0.2) is 22.9 Å². The second-order valence-corrected chi connectivity index (χ2v) is 7.00. The first-order valence-corrected chi connectivity index (χ1v) is 6.72. The van der Waals surface area contributed by atoms with E-state index in [9.17, 15) is 4.21 Å². The number of aryl methyl sites for hydroxylation is 1. The average molecular weight is 264 g/mol. The smallest absolute Gasteiger partial charge is 0.144 e. The van der Waals surface area contributed by atoms with Crippen molar-refractivity contribution < 1.29 is 4.21 Å². The Kier molecular flexibility index (Phi) is 3.30. The van der Waals surface area contributed by atoms with Gasteiger partial charge in [-0.05, 0) is 26.8 Å². The molecule has 0 aliphatic rings. The molecule has 96 valence electrons. The monoisotopic (exact) mass is 264 g/mol. The molecule has 1 atom stereocenters. The van der Waals surface area contributed by atoms with Gasteiger partial charge in [-0.25, -0.2) is 4.21 Å². The zero-order valence-corrected chi connectivity index (χ0v) is 11.7. The summed E-state index contributed by atoms with van der Waals surface area (Å²) in [6.07, 6.45) is 5.15. The highest BCUT2D eigenvalue weighted by Crippen LogP contribution is 2.13. The number of nitrogens with zero attached hydrogens (tertiary/aromatic N) is 4. The van der Waals surface area contributed by atoms with Crippen molar-refractivity contribution in [3.8, 4) is 0 Å². The Morgan fingerprint density at radius 2 is 2.17 bits per heavy atom. The summed E-state index contributed by atoms with van der Waals surface area (Å²) in [5.41, 5.74) is 1.53. The van der Waals surface area contributed by atoms with Crippen LogP contribution >= 0.6 is 0 Å². The molecule has 0 bridgehead atoms. The molecule has 0 N–H and O–H groups in total. The quantitative estimate of drug-likeness (QED) is 0.778. The SMILES string of the molecule is Cn1cc2cc(C=N[S@](=O)C(C)(C)C)ncc2n1. The Hall–Kier alpha value is -1.56. The second kappa shape index (κ2) is 4.61. The third-order valence-corrected chi connectivity index (χ3v) is 3.68. The lowest BCUT2D eigenvalue weighted by molar-refractivity contribution is 0.651. The van der Waals surface area contributed by atoms with Crippen LogP contribution in [0.2, 0.25) is 0 Å². The summed E-state index contributed by atoms with van der Waals surface area (Å²) in [6.45, 7) is 5.66. The molecule has 0 aromatic carbocycles. The summed E-state index contributed by atoms with van der Waals surface area (Å²) in [7, 11) is 0.606. The first kappa shape index (κ1) is 12.9. The minimum atomic E-state index is -1.26. The lowest BCUT2D eigenvalue weighted by atomic mass is 10.3. The van der Waals surface area contributed by atoms with Gasteiger partial charge in [0.15, 0.2) is 0 Å². The molecular formula is C12H16N4OS. The van der Waals surface area contributed by atoms with Gasteiger partial charge in [-0.15, -0.1) is 0 Å². The van der Waals surface area contributed by atoms with E-state index in [0.29, 0.717) is 5.69 Å². The molecule has 0 amide bonds. The highest BCUT2D eigenvalue weighted by molar-refractivity contribution is 7.85. The van der Waals surface area contributed by atoms with Crippen LogP contribution < -0.4 is 0 Å². The van der Waals surface area contributed by atoms with Crippen LogP contribution in [0, 0.1) is 0 Å². The van der Waals surface area contributed by atoms with Gasteiger partial charge in [-0.2, -0.15) is 9.50 Å². The first-order chi connectivity index (χ1) is 8.36. The van der Waals surface area contributed by atoms with Gasteiger partial charge in [0.2, 0.25) is 0 Å². The number of rotatable bonds is 2. The Morgan fingerprint density at radius 3 is 2.83 bits per heavy atom. The largest absolute Gasteiger partial charge is 0.275 e. The van der Waals surface area contributed by atoms with Gasteiger partial charge in [0.1, 0.15) is 16.5 Å². The third-order valence-electron chi connectivity index (χ3n) is 2.33. The maximum Gasteiger partial charge on any atom is 0.144 e. The lowest BCUT2D eigenvalue weighted by Crippen LogP contribution is -2.19. The summed E-state index contributed by atoms with van der Waals surface area (Å²) in [5, 5.41) is 5.23. The average Bonchev–Trinajstić information content (AvgIpc) is 2.63. The minimum Gasteiger partial charge on any atom is -0.275 e. The summed E-state index contributed by atoms with van der Waals surface area (Å²) in [6, 6.07) is 1.88. The van der Waals surface area contributed by atoms with Gasteiger partial charge in [0.25, 0.3) is 0 Å². The molecule has 0 saturated carbocycles. The molecule has 2 aromatic heterocycles. The Labute approximate surface area is 109 Å². The third kappa shape index (κ3) is 2.81. The molecule has 0 aliphatic heterocycles. The summed E-state index contributed by atoms with van der Waals surface area (Å²) in [5.74, 6) is 0. The lowest BCUT2D eigenvalue weighted by Gasteiger charge is -2.12. The van der Waals surface area contributed by atoms with Gasteiger partial charge < -0.3 is 0 Å². The summed E-state index contributed by atoms with van der Waals surface area (Å²) in [4.78, 5) is 4.21. The maximum atomic E-state index is 11.8. The van der Waals surface area contributed by atoms with E-state index in [1.54, 1.807) is 17.1 Å².